The highest BCUT2D eigenvalue weighted by Gasteiger charge is 2.29. The van der Waals surface area contributed by atoms with Crippen LogP contribution in [-0.4, -0.2) is 25.7 Å². The minimum atomic E-state index is -4.04. The Hall–Kier alpha value is -1.49. The Balaban J connectivity index is 2.24. The van der Waals surface area contributed by atoms with Crippen LogP contribution < -0.4 is 4.72 Å². The Labute approximate surface area is 117 Å². The molecule has 0 radical (unpaired) electrons. The third kappa shape index (κ3) is 3.15. The van der Waals surface area contributed by atoms with Crippen molar-refractivity contribution >= 4 is 10.0 Å². The van der Waals surface area contributed by atoms with Crippen LogP contribution in [0.1, 0.15) is 31.2 Å². The lowest BCUT2D eigenvalue weighted by Crippen LogP contribution is -2.45. The van der Waals surface area contributed by atoms with E-state index < -0.39 is 32.9 Å². The number of halogens is 1. The van der Waals surface area contributed by atoms with E-state index in [4.69, 9.17) is 5.26 Å². The first-order valence-corrected chi connectivity index (χ1v) is 7.82. The number of hydrogen-bond acceptors (Lipinski definition) is 4. The van der Waals surface area contributed by atoms with Crippen molar-refractivity contribution in [3.05, 3.63) is 29.6 Å². The van der Waals surface area contributed by atoms with E-state index in [9.17, 15) is 17.9 Å². The summed E-state index contributed by atoms with van der Waals surface area (Å²) in [5.74, 6) is -0.971. The number of sulfonamides is 1. The van der Waals surface area contributed by atoms with E-state index in [1.165, 1.54) is 6.07 Å². The minimum Gasteiger partial charge on any atom is -0.391 e. The Morgan fingerprint density at radius 2 is 2.05 bits per heavy atom. The molecule has 1 aliphatic carbocycles. The third-order valence-electron chi connectivity index (χ3n) is 3.39. The molecule has 1 fully saturated rings. The van der Waals surface area contributed by atoms with E-state index in [-0.39, 0.29) is 5.56 Å². The highest BCUT2D eigenvalue weighted by Crippen LogP contribution is 2.22. The Morgan fingerprint density at radius 3 is 2.65 bits per heavy atom. The standard InChI is InChI=1S/C13H15FN2O3S/c14-10-7-9(8-15)5-6-13(10)20(18,19)16-11-3-1-2-4-12(11)17/h5-7,11-12,16-17H,1-4H2. The lowest BCUT2D eigenvalue weighted by Gasteiger charge is -2.28. The molecule has 0 heterocycles. The van der Waals surface area contributed by atoms with Gasteiger partial charge < -0.3 is 5.11 Å². The van der Waals surface area contributed by atoms with Crippen LogP contribution in [0.3, 0.4) is 0 Å². The first-order valence-electron chi connectivity index (χ1n) is 6.34. The average Bonchev–Trinajstić information content (AvgIpc) is 2.40. The van der Waals surface area contributed by atoms with Crippen LogP contribution in [0.15, 0.2) is 23.1 Å². The zero-order chi connectivity index (χ0) is 14.8. The molecule has 0 aromatic heterocycles. The summed E-state index contributed by atoms with van der Waals surface area (Å²) >= 11 is 0. The zero-order valence-electron chi connectivity index (χ0n) is 10.7. The second kappa shape index (κ2) is 5.87. The minimum absolute atomic E-state index is 0.0548. The maximum Gasteiger partial charge on any atom is 0.243 e. The Bertz CT molecular complexity index is 640. The van der Waals surface area contributed by atoms with Gasteiger partial charge in [-0.2, -0.15) is 5.26 Å². The molecular formula is C13H15FN2O3S. The van der Waals surface area contributed by atoms with Crippen LogP contribution in [0.4, 0.5) is 4.39 Å². The van der Waals surface area contributed by atoms with Gasteiger partial charge in [0.05, 0.1) is 17.7 Å². The van der Waals surface area contributed by atoms with E-state index >= 15 is 0 Å². The van der Waals surface area contributed by atoms with Crippen molar-refractivity contribution in [2.75, 3.05) is 0 Å². The molecule has 1 aliphatic rings. The SMILES string of the molecule is N#Cc1ccc(S(=O)(=O)NC2CCCCC2O)c(F)c1. The van der Waals surface area contributed by atoms with E-state index in [1.807, 2.05) is 0 Å². The van der Waals surface area contributed by atoms with Crippen molar-refractivity contribution in [3.63, 3.8) is 0 Å². The fraction of sp³-hybridized carbons (Fsp3) is 0.462. The quantitative estimate of drug-likeness (QED) is 0.879. The highest BCUT2D eigenvalue weighted by atomic mass is 32.2. The second-order valence-electron chi connectivity index (χ2n) is 4.84. The molecule has 2 N–H and O–H groups in total. The van der Waals surface area contributed by atoms with Crippen LogP contribution in [0, 0.1) is 17.1 Å². The number of nitrogens with zero attached hydrogens (tertiary/aromatic N) is 1. The molecule has 1 aromatic carbocycles. The summed E-state index contributed by atoms with van der Waals surface area (Å²) in [7, 11) is -4.04. The van der Waals surface area contributed by atoms with E-state index in [0.717, 1.165) is 25.0 Å². The molecule has 5 nitrogen and oxygen atoms in total. The van der Waals surface area contributed by atoms with Gasteiger partial charge in [0.25, 0.3) is 0 Å². The van der Waals surface area contributed by atoms with Crippen molar-refractivity contribution in [1.82, 2.24) is 4.72 Å². The number of hydrogen-bond donors (Lipinski definition) is 2. The summed E-state index contributed by atoms with van der Waals surface area (Å²) < 4.78 is 40.3. The number of aliphatic hydroxyl groups excluding tert-OH is 1. The maximum absolute atomic E-state index is 13.8. The van der Waals surface area contributed by atoms with Gasteiger partial charge in [0.1, 0.15) is 10.7 Å². The van der Waals surface area contributed by atoms with Gasteiger partial charge in [0.15, 0.2) is 0 Å². The van der Waals surface area contributed by atoms with E-state index in [2.05, 4.69) is 4.72 Å². The van der Waals surface area contributed by atoms with E-state index in [1.54, 1.807) is 6.07 Å². The summed E-state index contributed by atoms with van der Waals surface area (Å²) in [5.41, 5.74) is 0.0548. The van der Waals surface area contributed by atoms with Crippen molar-refractivity contribution < 1.29 is 17.9 Å². The number of benzene rings is 1. The molecule has 108 valence electrons. The van der Waals surface area contributed by atoms with Crippen LogP contribution in [-0.2, 0) is 10.0 Å². The van der Waals surface area contributed by atoms with Crippen molar-refractivity contribution in [2.45, 2.75) is 42.7 Å². The number of nitriles is 1. The monoisotopic (exact) mass is 298 g/mol. The normalized spacial score (nSPS) is 23.2. The first-order chi connectivity index (χ1) is 9.44. The Kier molecular flexibility index (Phi) is 4.38. The second-order valence-corrected chi connectivity index (χ2v) is 6.52. The number of nitrogens with one attached hydrogen (secondary N) is 1. The maximum atomic E-state index is 13.8. The number of rotatable bonds is 3. The molecule has 0 spiro atoms. The smallest absolute Gasteiger partial charge is 0.243 e. The third-order valence-corrected chi connectivity index (χ3v) is 4.91. The predicted molar refractivity (Wildman–Crippen MR) is 69.7 cm³/mol. The van der Waals surface area contributed by atoms with Crippen LogP contribution in [0.25, 0.3) is 0 Å². The first kappa shape index (κ1) is 14.9. The molecule has 0 saturated heterocycles. The molecule has 0 bridgehead atoms. The largest absolute Gasteiger partial charge is 0.391 e. The van der Waals surface area contributed by atoms with Crippen LogP contribution >= 0.6 is 0 Å². The van der Waals surface area contributed by atoms with Gasteiger partial charge in [0, 0.05) is 6.04 Å². The lowest BCUT2D eigenvalue weighted by molar-refractivity contribution is 0.101. The topological polar surface area (TPSA) is 90.2 Å². The van der Waals surface area contributed by atoms with Crippen LogP contribution in [0.2, 0.25) is 0 Å². The molecule has 0 aliphatic heterocycles. The van der Waals surface area contributed by atoms with Gasteiger partial charge in [-0.3, -0.25) is 0 Å². The van der Waals surface area contributed by atoms with Gasteiger partial charge >= 0.3 is 0 Å². The molecule has 0 amide bonds. The van der Waals surface area contributed by atoms with Gasteiger partial charge in [-0.25, -0.2) is 17.5 Å². The van der Waals surface area contributed by atoms with Crippen molar-refractivity contribution in [2.24, 2.45) is 0 Å². The van der Waals surface area contributed by atoms with Crippen molar-refractivity contribution in [1.29, 1.82) is 5.26 Å². The van der Waals surface area contributed by atoms with Crippen molar-refractivity contribution in [3.8, 4) is 6.07 Å². The molecule has 2 rings (SSSR count). The summed E-state index contributed by atoms with van der Waals surface area (Å²) in [6.07, 6.45) is 1.98. The molecule has 1 aromatic rings. The fourth-order valence-corrected chi connectivity index (χ4v) is 3.66. The Morgan fingerprint density at radius 1 is 1.35 bits per heavy atom. The molecular weight excluding hydrogens is 283 g/mol. The summed E-state index contributed by atoms with van der Waals surface area (Å²) in [5, 5.41) is 18.4. The van der Waals surface area contributed by atoms with E-state index in [0.29, 0.717) is 12.8 Å². The molecule has 7 heteroatoms. The predicted octanol–water partition coefficient (Wildman–Crippen LogP) is 1.28. The summed E-state index contributed by atoms with van der Waals surface area (Å²) in [4.78, 5) is -0.505. The zero-order valence-corrected chi connectivity index (χ0v) is 11.5. The molecule has 20 heavy (non-hydrogen) atoms. The summed E-state index contributed by atoms with van der Waals surface area (Å²) in [6, 6.07) is 4.33. The fourth-order valence-electron chi connectivity index (χ4n) is 2.30. The van der Waals surface area contributed by atoms with Gasteiger partial charge in [-0.15, -0.1) is 0 Å². The molecule has 1 saturated carbocycles. The molecule has 2 unspecified atom stereocenters. The highest BCUT2D eigenvalue weighted by molar-refractivity contribution is 7.89. The van der Waals surface area contributed by atoms with Gasteiger partial charge in [-0.1, -0.05) is 12.8 Å². The van der Waals surface area contributed by atoms with Crippen LogP contribution in [0.5, 0.6) is 0 Å². The lowest BCUT2D eigenvalue weighted by atomic mass is 9.93. The van der Waals surface area contributed by atoms with Gasteiger partial charge in [0.2, 0.25) is 10.0 Å². The average molecular weight is 298 g/mol. The number of aliphatic hydroxyl groups is 1. The summed E-state index contributed by atoms with van der Waals surface area (Å²) in [6.45, 7) is 0. The molecule has 2 atom stereocenters. The van der Waals surface area contributed by atoms with Gasteiger partial charge in [-0.05, 0) is 31.0 Å².